The van der Waals surface area contributed by atoms with Gasteiger partial charge in [-0.2, -0.15) is 0 Å². The first kappa shape index (κ1) is 10.4. The zero-order chi connectivity index (χ0) is 8.53. The first-order valence-electron chi connectivity index (χ1n) is 4.00. The van der Waals surface area contributed by atoms with Gasteiger partial charge in [0.15, 0.2) is 0 Å². The topological polar surface area (TPSA) is 39.9 Å². The number of hydrogen-bond donors (Lipinski definition) is 0. The molecule has 0 bridgehead atoms. The highest BCUT2D eigenvalue weighted by atomic mass is 16.6. The van der Waals surface area contributed by atoms with Crippen molar-refractivity contribution in [2.75, 3.05) is 19.8 Å². The predicted molar refractivity (Wildman–Crippen MR) is 44.3 cm³/mol. The molecule has 0 aliphatic carbocycles. The van der Waals surface area contributed by atoms with Crippen molar-refractivity contribution in [3.05, 3.63) is 0 Å². The van der Waals surface area contributed by atoms with E-state index in [1.807, 2.05) is 0 Å². The van der Waals surface area contributed by atoms with Gasteiger partial charge in [0.25, 0.3) is 0 Å². The van der Waals surface area contributed by atoms with Gasteiger partial charge in [0.05, 0.1) is 6.92 Å². The third-order valence-electron chi connectivity index (χ3n) is 1.18. The molecule has 0 heterocycles. The molecule has 0 radical (unpaired) electrons. The quantitative estimate of drug-likeness (QED) is 0.335. The van der Waals surface area contributed by atoms with Crippen LogP contribution in [-0.2, 0) is 9.47 Å². The summed E-state index contributed by atoms with van der Waals surface area (Å²) in [6, 6.07) is 0. The molecule has 0 unspecified atom stereocenters. The molecule has 0 spiro atoms. The predicted octanol–water partition coefficient (Wildman–Crippen LogP) is 1.34. The van der Waals surface area contributed by atoms with Gasteiger partial charge >= 0.3 is 5.97 Å². The fourth-order valence-corrected chi connectivity index (χ4v) is 0.597. The van der Waals surface area contributed by atoms with Gasteiger partial charge < -0.3 is 14.3 Å². The SMILES string of the molecule is CCCCOCCOC(C)=[OH+]. The highest BCUT2D eigenvalue weighted by Gasteiger charge is 2.00. The standard InChI is InChI=1S/C8H16O3/c1-3-4-5-10-6-7-11-8(2)9/h3-7H2,1-2H3/p+1. The average molecular weight is 161 g/mol. The molecule has 11 heavy (non-hydrogen) atoms. The Morgan fingerprint density at radius 3 is 2.55 bits per heavy atom. The number of ether oxygens (including phenoxy) is 2. The largest absolute Gasteiger partial charge is 0.479 e. The molecule has 0 aromatic heterocycles. The summed E-state index contributed by atoms with van der Waals surface area (Å²) < 4.78 is 9.94. The molecule has 1 N–H and O–H groups in total. The van der Waals surface area contributed by atoms with Gasteiger partial charge in [-0.05, 0) is 6.42 Å². The summed E-state index contributed by atoms with van der Waals surface area (Å²) in [5, 5.41) is 0. The second-order valence-corrected chi connectivity index (χ2v) is 2.33. The molecule has 0 aromatic carbocycles. The molecule has 0 fully saturated rings. The Bertz CT molecular complexity index is 102. The molecule has 0 aliphatic heterocycles. The Morgan fingerprint density at radius 1 is 1.27 bits per heavy atom. The van der Waals surface area contributed by atoms with E-state index >= 15 is 0 Å². The van der Waals surface area contributed by atoms with E-state index in [9.17, 15) is 0 Å². The fourth-order valence-electron chi connectivity index (χ4n) is 0.597. The maximum Gasteiger partial charge on any atom is 0.479 e. The lowest BCUT2D eigenvalue weighted by atomic mass is 10.4. The van der Waals surface area contributed by atoms with E-state index in [0.29, 0.717) is 13.2 Å². The highest BCUT2D eigenvalue weighted by molar-refractivity contribution is 5.67. The number of esters is 1. The van der Waals surface area contributed by atoms with E-state index in [4.69, 9.17) is 14.3 Å². The van der Waals surface area contributed by atoms with Crippen molar-refractivity contribution in [3.8, 4) is 0 Å². The lowest BCUT2D eigenvalue weighted by Crippen LogP contribution is -2.08. The zero-order valence-corrected chi connectivity index (χ0v) is 7.30. The second kappa shape index (κ2) is 7.54. The molecule has 0 aliphatic rings. The molecule has 0 atom stereocenters. The van der Waals surface area contributed by atoms with Gasteiger partial charge in [-0.15, -0.1) is 0 Å². The van der Waals surface area contributed by atoms with E-state index in [0.717, 1.165) is 19.4 Å². The van der Waals surface area contributed by atoms with E-state index in [1.54, 1.807) is 0 Å². The third-order valence-corrected chi connectivity index (χ3v) is 1.18. The summed E-state index contributed by atoms with van der Waals surface area (Å²) in [4.78, 5) is 8.59. The number of rotatable bonds is 6. The molecule has 0 saturated heterocycles. The molecule has 0 rings (SSSR count). The smallest absolute Gasteiger partial charge is 0.375 e. The van der Waals surface area contributed by atoms with Crippen molar-refractivity contribution in [1.29, 1.82) is 0 Å². The molecule has 3 nitrogen and oxygen atoms in total. The molecule has 66 valence electrons. The fraction of sp³-hybridized carbons (Fsp3) is 0.875. The van der Waals surface area contributed by atoms with E-state index in [1.165, 1.54) is 6.92 Å². The minimum Gasteiger partial charge on any atom is -0.375 e. The first-order valence-corrected chi connectivity index (χ1v) is 4.00. The van der Waals surface area contributed by atoms with Crippen molar-refractivity contribution in [3.63, 3.8) is 0 Å². The summed E-state index contributed by atoms with van der Waals surface area (Å²) >= 11 is 0. The van der Waals surface area contributed by atoms with Crippen LogP contribution < -0.4 is 0 Å². The maximum absolute atomic E-state index is 8.59. The van der Waals surface area contributed by atoms with Crippen LogP contribution in [-0.4, -0.2) is 30.6 Å². The summed E-state index contributed by atoms with van der Waals surface area (Å²) in [7, 11) is 0. The van der Waals surface area contributed by atoms with Gasteiger partial charge in [-0.25, -0.2) is 0 Å². The molecular weight excluding hydrogens is 144 g/mol. The summed E-state index contributed by atoms with van der Waals surface area (Å²) in [6.45, 7) is 5.39. The monoisotopic (exact) mass is 161 g/mol. The molecule has 0 saturated carbocycles. The van der Waals surface area contributed by atoms with Crippen molar-refractivity contribution in [2.24, 2.45) is 0 Å². The van der Waals surface area contributed by atoms with Crippen LogP contribution in [0.4, 0.5) is 0 Å². The summed E-state index contributed by atoms with van der Waals surface area (Å²) in [5.41, 5.74) is 0. The van der Waals surface area contributed by atoms with Crippen LogP contribution in [0.2, 0.25) is 0 Å². The molecule has 0 amide bonds. The third kappa shape index (κ3) is 9.43. The lowest BCUT2D eigenvalue weighted by molar-refractivity contribution is 0.0904. The van der Waals surface area contributed by atoms with Crippen LogP contribution in [0, 0.1) is 0 Å². The normalized spacial score (nSPS) is 9.64. The van der Waals surface area contributed by atoms with Crippen molar-refractivity contribution >= 4 is 5.97 Å². The van der Waals surface area contributed by atoms with Crippen LogP contribution in [0.15, 0.2) is 0 Å². The second-order valence-electron chi connectivity index (χ2n) is 2.33. The van der Waals surface area contributed by atoms with Crippen LogP contribution in [0.3, 0.4) is 0 Å². The Kier molecular flexibility index (Phi) is 7.15. The van der Waals surface area contributed by atoms with E-state index in [-0.39, 0.29) is 5.97 Å². The molecule has 3 heteroatoms. The summed E-state index contributed by atoms with van der Waals surface area (Å²) in [5.74, 6) is 0.00379. The average Bonchev–Trinajstić information content (AvgIpc) is 1.96. The Hall–Kier alpha value is -0.570. The van der Waals surface area contributed by atoms with Crippen molar-refractivity contribution in [1.82, 2.24) is 0 Å². The van der Waals surface area contributed by atoms with Crippen molar-refractivity contribution in [2.45, 2.75) is 26.7 Å². The Labute approximate surface area is 67.7 Å². The van der Waals surface area contributed by atoms with Gasteiger partial charge in [-0.3, -0.25) is 0 Å². The van der Waals surface area contributed by atoms with Gasteiger partial charge in [0.2, 0.25) is 6.61 Å². The highest BCUT2D eigenvalue weighted by Crippen LogP contribution is 1.87. The number of unbranched alkanes of at least 4 members (excludes halogenated alkanes) is 1. The minimum atomic E-state index is 0.00379. The van der Waals surface area contributed by atoms with Gasteiger partial charge in [0, 0.05) is 6.61 Å². The lowest BCUT2D eigenvalue weighted by Gasteiger charge is -1.98. The molecular formula is C8H17O3+. The van der Waals surface area contributed by atoms with E-state index < -0.39 is 0 Å². The zero-order valence-electron chi connectivity index (χ0n) is 7.30. The van der Waals surface area contributed by atoms with Crippen molar-refractivity contribution < 1.29 is 14.3 Å². The number of carbonyl (C=O) groups excluding carboxylic acids is 1. The Balaban J connectivity index is 2.85. The van der Waals surface area contributed by atoms with Crippen LogP contribution >= 0.6 is 0 Å². The van der Waals surface area contributed by atoms with Crippen LogP contribution in [0.1, 0.15) is 26.7 Å². The van der Waals surface area contributed by atoms with E-state index in [2.05, 4.69) is 6.92 Å². The maximum atomic E-state index is 8.59. The van der Waals surface area contributed by atoms with Gasteiger partial charge in [-0.1, -0.05) is 13.3 Å². The first-order chi connectivity index (χ1) is 5.27. The van der Waals surface area contributed by atoms with Crippen LogP contribution in [0.25, 0.3) is 0 Å². The number of hydrogen-bond acceptors (Lipinski definition) is 2. The minimum absolute atomic E-state index is 0.00379. The summed E-state index contributed by atoms with van der Waals surface area (Å²) in [6.07, 6.45) is 2.23. The van der Waals surface area contributed by atoms with Crippen LogP contribution in [0.5, 0.6) is 0 Å². The Morgan fingerprint density at radius 2 is 2.00 bits per heavy atom. The molecule has 0 aromatic rings. The van der Waals surface area contributed by atoms with Gasteiger partial charge in [0.1, 0.15) is 6.61 Å².